The second-order valence-corrected chi connectivity index (χ2v) is 13.2. The van der Waals surface area contributed by atoms with Crippen LogP contribution in [0.15, 0.2) is 152 Å². The SMILES string of the molecule is O=P(c1ccccc1)(c1ccccc1)c1cccc2c(-c3ccc4c(c3)Oc3cc5ccccc5cc3O4)cccc12. The fourth-order valence-electron chi connectivity index (χ4n) is 5.96. The minimum absolute atomic E-state index is 0.669. The summed E-state index contributed by atoms with van der Waals surface area (Å²) in [7, 11) is -3.15. The summed E-state index contributed by atoms with van der Waals surface area (Å²) in [4.78, 5) is 0. The minimum Gasteiger partial charge on any atom is -0.449 e. The zero-order valence-electron chi connectivity index (χ0n) is 22.6. The third-order valence-corrected chi connectivity index (χ3v) is 11.1. The zero-order valence-corrected chi connectivity index (χ0v) is 23.5. The second kappa shape index (κ2) is 9.76. The van der Waals surface area contributed by atoms with Crippen LogP contribution in [0.4, 0.5) is 0 Å². The summed E-state index contributed by atoms with van der Waals surface area (Å²) in [5.74, 6) is 2.76. The molecule has 7 aromatic carbocycles. The fraction of sp³-hybridized carbons (Fsp3) is 0. The van der Waals surface area contributed by atoms with Crippen LogP contribution in [0.5, 0.6) is 23.0 Å². The Morgan fingerprint density at radius 1 is 0.429 bits per heavy atom. The highest BCUT2D eigenvalue weighted by Gasteiger charge is 2.31. The molecule has 1 aliphatic rings. The summed E-state index contributed by atoms with van der Waals surface area (Å²) in [6.07, 6.45) is 0. The van der Waals surface area contributed by atoms with Crippen molar-refractivity contribution in [3.8, 4) is 34.1 Å². The van der Waals surface area contributed by atoms with E-state index in [1.165, 1.54) is 0 Å². The predicted octanol–water partition coefficient (Wildman–Crippen LogP) is 9.20. The molecule has 0 saturated heterocycles. The van der Waals surface area contributed by atoms with Gasteiger partial charge in [0.2, 0.25) is 0 Å². The first-order valence-electron chi connectivity index (χ1n) is 13.9. The van der Waals surface area contributed by atoms with E-state index in [0.29, 0.717) is 23.0 Å². The maximum atomic E-state index is 15.2. The molecule has 0 aromatic heterocycles. The Morgan fingerprint density at radius 2 is 0.976 bits per heavy atom. The molecule has 0 fully saturated rings. The van der Waals surface area contributed by atoms with Gasteiger partial charge in [-0.05, 0) is 56.9 Å². The molecule has 8 rings (SSSR count). The summed E-state index contributed by atoms with van der Waals surface area (Å²) >= 11 is 0. The molecule has 1 aliphatic heterocycles. The second-order valence-electron chi connectivity index (χ2n) is 10.5. The molecule has 0 bridgehead atoms. The highest BCUT2D eigenvalue weighted by atomic mass is 31.2. The molecular formula is C38H25O3P. The van der Waals surface area contributed by atoms with Gasteiger partial charge in [0.1, 0.15) is 0 Å². The number of hydrogen-bond donors (Lipinski definition) is 0. The summed E-state index contributed by atoms with van der Waals surface area (Å²) < 4.78 is 27.9. The number of ether oxygens (including phenoxy) is 2. The van der Waals surface area contributed by atoms with Crippen LogP contribution in [0.2, 0.25) is 0 Å². The van der Waals surface area contributed by atoms with Crippen LogP contribution < -0.4 is 25.4 Å². The fourth-order valence-corrected chi connectivity index (χ4v) is 8.83. The van der Waals surface area contributed by atoms with Gasteiger partial charge in [0, 0.05) is 15.9 Å². The molecule has 0 aliphatic carbocycles. The monoisotopic (exact) mass is 560 g/mol. The van der Waals surface area contributed by atoms with E-state index >= 15 is 4.57 Å². The Bertz CT molecular complexity index is 2130. The molecule has 0 radical (unpaired) electrons. The zero-order chi connectivity index (χ0) is 28.1. The van der Waals surface area contributed by atoms with Crippen molar-refractivity contribution < 1.29 is 14.0 Å². The topological polar surface area (TPSA) is 35.5 Å². The molecule has 0 atom stereocenters. The van der Waals surface area contributed by atoms with Crippen molar-refractivity contribution >= 4 is 44.6 Å². The van der Waals surface area contributed by atoms with Crippen molar-refractivity contribution in [2.75, 3.05) is 0 Å². The Hall–Kier alpha value is -5.11. The molecule has 1 heterocycles. The van der Waals surface area contributed by atoms with Crippen molar-refractivity contribution in [3.63, 3.8) is 0 Å². The van der Waals surface area contributed by atoms with Gasteiger partial charge in [-0.3, -0.25) is 0 Å². The Labute approximate surface area is 244 Å². The quantitative estimate of drug-likeness (QED) is 0.201. The number of fused-ring (bicyclic) bond motifs is 4. The van der Waals surface area contributed by atoms with Gasteiger partial charge in [-0.1, -0.05) is 127 Å². The molecule has 4 heteroatoms. The average Bonchev–Trinajstić information content (AvgIpc) is 3.06. The van der Waals surface area contributed by atoms with Crippen LogP contribution in [0.25, 0.3) is 32.7 Å². The first-order chi connectivity index (χ1) is 20.7. The van der Waals surface area contributed by atoms with Gasteiger partial charge >= 0.3 is 0 Å². The normalized spacial score (nSPS) is 12.3. The smallest absolute Gasteiger partial charge is 0.171 e. The maximum absolute atomic E-state index is 15.2. The van der Waals surface area contributed by atoms with Gasteiger partial charge in [0.25, 0.3) is 0 Å². The van der Waals surface area contributed by atoms with Crippen molar-refractivity contribution in [2.24, 2.45) is 0 Å². The maximum Gasteiger partial charge on any atom is 0.171 e. The number of rotatable bonds is 4. The van der Waals surface area contributed by atoms with Gasteiger partial charge in [0.15, 0.2) is 30.1 Å². The number of hydrogen-bond acceptors (Lipinski definition) is 3. The molecule has 0 amide bonds. The van der Waals surface area contributed by atoms with Crippen LogP contribution in [0.3, 0.4) is 0 Å². The molecule has 0 spiro atoms. The largest absolute Gasteiger partial charge is 0.449 e. The highest BCUT2D eigenvalue weighted by Crippen LogP contribution is 2.49. The van der Waals surface area contributed by atoms with Crippen molar-refractivity contribution in [2.45, 2.75) is 0 Å². The Balaban J connectivity index is 1.27. The summed E-state index contributed by atoms with van der Waals surface area (Å²) in [5.41, 5.74) is 2.04. The van der Waals surface area contributed by atoms with E-state index < -0.39 is 7.14 Å². The molecular weight excluding hydrogens is 535 g/mol. The lowest BCUT2D eigenvalue weighted by Gasteiger charge is -2.23. The van der Waals surface area contributed by atoms with Crippen molar-refractivity contribution in [1.82, 2.24) is 0 Å². The molecule has 0 N–H and O–H groups in total. The molecule has 200 valence electrons. The molecule has 3 nitrogen and oxygen atoms in total. The minimum atomic E-state index is -3.15. The van der Waals surface area contributed by atoms with Gasteiger partial charge < -0.3 is 14.0 Å². The Kier molecular flexibility index (Phi) is 5.73. The van der Waals surface area contributed by atoms with E-state index in [4.69, 9.17) is 9.47 Å². The van der Waals surface area contributed by atoms with Crippen LogP contribution in [0, 0.1) is 0 Å². The first kappa shape index (κ1) is 24.7. The highest BCUT2D eigenvalue weighted by molar-refractivity contribution is 7.85. The van der Waals surface area contributed by atoms with E-state index in [1.54, 1.807) is 0 Å². The van der Waals surface area contributed by atoms with Gasteiger partial charge in [0.05, 0.1) is 0 Å². The third kappa shape index (κ3) is 3.94. The first-order valence-corrected chi connectivity index (χ1v) is 15.7. The summed E-state index contributed by atoms with van der Waals surface area (Å²) in [6, 6.07) is 50.3. The van der Waals surface area contributed by atoms with E-state index in [-0.39, 0.29) is 0 Å². The lowest BCUT2D eigenvalue weighted by Crippen LogP contribution is -2.25. The van der Waals surface area contributed by atoms with E-state index in [9.17, 15) is 0 Å². The summed E-state index contributed by atoms with van der Waals surface area (Å²) in [5, 5.41) is 6.68. The number of benzene rings is 7. The average molecular weight is 561 g/mol. The van der Waals surface area contributed by atoms with Crippen LogP contribution >= 0.6 is 7.14 Å². The van der Waals surface area contributed by atoms with E-state index in [1.807, 2.05) is 115 Å². The van der Waals surface area contributed by atoms with Crippen molar-refractivity contribution in [3.05, 3.63) is 152 Å². The van der Waals surface area contributed by atoms with Crippen LogP contribution in [-0.2, 0) is 4.57 Å². The third-order valence-electron chi connectivity index (χ3n) is 7.98. The van der Waals surface area contributed by atoms with Crippen molar-refractivity contribution in [1.29, 1.82) is 0 Å². The predicted molar refractivity (Wildman–Crippen MR) is 173 cm³/mol. The molecule has 42 heavy (non-hydrogen) atoms. The molecule has 7 aromatic rings. The van der Waals surface area contributed by atoms with Gasteiger partial charge in [-0.25, -0.2) is 0 Å². The lowest BCUT2D eigenvalue weighted by molar-refractivity contribution is 0.360. The van der Waals surface area contributed by atoms with E-state index in [2.05, 4.69) is 36.4 Å². The lowest BCUT2D eigenvalue weighted by atomic mass is 9.98. The van der Waals surface area contributed by atoms with E-state index in [0.717, 1.165) is 48.6 Å². The van der Waals surface area contributed by atoms with Gasteiger partial charge in [-0.15, -0.1) is 0 Å². The Morgan fingerprint density at radius 3 is 1.64 bits per heavy atom. The molecule has 0 saturated carbocycles. The standard InChI is InChI=1S/C38H25O3P/c39-42(29-13-3-1-4-14-29,30-15-5-2-6-16-30)38-20-10-18-32-31(17-9-19-33(32)38)28-21-22-34-35(25-28)41-37-24-27-12-8-7-11-26(27)23-36(37)40-34/h1-25H. The van der Waals surface area contributed by atoms with Gasteiger partial charge in [-0.2, -0.15) is 0 Å². The van der Waals surface area contributed by atoms with Crippen LogP contribution in [-0.4, -0.2) is 0 Å². The summed E-state index contributed by atoms with van der Waals surface area (Å²) in [6.45, 7) is 0. The van der Waals surface area contributed by atoms with Crippen LogP contribution in [0.1, 0.15) is 0 Å². The molecule has 0 unspecified atom stereocenters.